The summed E-state index contributed by atoms with van der Waals surface area (Å²) >= 11 is 0. The molecule has 2 heteroatoms. The zero-order valence-electron chi connectivity index (χ0n) is 3.39. The average molecular weight is 104 g/mol. The third-order valence-electron chi connectivity index (χ3n) is 0.500. The van der Waals surface area contributed by atoms with Crippen molar-refractivity contribution < 1.29 is 0 Å². The second-order valence-corrected chi connectivity index (χ2v) is 5.88. The van der Waals surface area contributed by atoms with E-state index < -0.39 is 0 Å². The molecule has 0 radical (unpaired) electrons. The van der Waals surface area contributed by atoms with Gasteiger partial charge in [-0.25, -0.2) is 0 Å². The number of rotatable bonds is 0. The van der Waals surface area contributed by atoms with E-state index in [1.165, 1.54) is 0 Å². The van der Waals surface area contributed by atoms with Gasteiger partial charge in [0, 0.05) is 0 Å². The van der Waals surface area contributed by atoms with E-state index in [1.807, 2.05) is 0 Å². The number of hydrogen-bond acceptors (Lipinski definition) is 0. The minimum atomic E-state index is 0.694. The minimum Gasteiger partial charge on any atom is -0.0592 e. The first-order valence-electron chi connectivity index (χ1n) is 1.65. The summed E-state index contributed by atoms with van der Waals surface area (Å²) in [6.45, 7) is 4.55. The lowest BCUT2D eigenvalue weighted by molar-refractivity contribution is 1.05. The maximum absolute atomic E-state index is 2.27. The Morgan fingerprint density at radius 3 is 1.40 bits per heavy atom. The molecule has 0 aromatic heterocycles. The van der Waals surface area contributed by atoms with Crippen molar-refractivity contribution in [1.82, 2.24) is 0 Å². The molecule has 1 aliphatic rings. The van der Waals surface area contributed by atoms with Gasteiger partial charge in [-0.1, -0.05) is 15.7 Å². The van der Waals surface area contributed by atoms with E-state index >= 15 is 0 Å². The minimum absolute atomic E-state index is 0.694. The fraction of sp³-hybridized carbons (Fsp3) is 1.00. The highest BCUT2D eigenvalue weighted by Crippen LogP contribution is 2.58. The van der Waals surface area contributed by atoms with Crippen molar-refractivity contribution in [3.05, 3.63) is 0 Å². The quantitative estimate of drug-likeness (QED) is 0.414. The molecule has 0 atom stereocenters. The van der Waals surface area contributed by atoms with Gasteiger partial charge < -0.3 is 0 Å². The SMILES string of the molecule is CC1(C)P=P1. The summed E-state index contributed by atoms with van der Waals surface area (Å²) in [6.07, 6.45) is 0. The Hall–Kier alpha value is 0.600. The molecule has 0 aromatic rings. The van der Waals surface area contributed by atoms with Crippen LogP contribution in [0.5, 0.6) is 0 Å². The molecule has 0 spiro atoms. The normalized spacial score (nSPS) is 33.2. The topological polar surface area (TPSA) is 0 Å². The molecule has 0 amide bonds. The van der Waals surface area contributed by atoms with Crippen molar-refractivity contribution in [2.45, 2.75) is 18.7 Å². The van der Waals surface area contributed by atoms with Gasteiger partial charge in [-0.15, -0.1) is 0 Å². The maximum atomic E-state index is 2.27. The molecule has 0 N–H and O–H groups in total. The van der Waals surface area contributed by atoms with E-state index in [0.717, 1.165) is 0 Å². The van der Waals surface area contributed by atoms with Crippen molar-refractivity contribution in [1.29, 1.82) is 0 Å². The summed E-state index contributed by atoms with van der Waals surface area (Å²) in [5.41, 5.74) is 0. The van der Waals surface area contributed by atoms with Gasteiger partial charge in [-0.3, -0.25) is 0 Å². The van der Waals surface area contributed by atoms with Crippen LogP contribution in [0.4, 0.5) is 0 Å². The molecule has 1 rings (SSSR count). The smallest absolute Gasteiger partial charge is 0.0561 e. The van der Waals surface area contributed by atoms with E-state index in [0.29, 0.717) is 4.90 Å². The van der Waals surface area contributed by atoms with Crippen molar-refractivity contribution in [2.24, 2.45) is 0 Å². The lowest BCUT2D eigenvalue weighted by atomic mass is 10.5. The van der Waals surface area contributed by atoms with E-state index in [9.17, 15) is 0 Å². The summed E-state index contributed by atoms with van der Waals surface area (Å²) in [5, 5.41) is 0. The van der Waals surface area contributed by atoms with Crippen molar-refractivity contribution in [2.75, 3.05) is 0 Å². The lowest BCUT2D eigenvalue weighted by Gasteiger charge is -1.85. The molecule has 0 saturated carbocycles. The molecule has 1 heterocycles. The van der Waals surface area contributed by atoms with Crippen LogP contribution in [0.2, 0.25) is 0 Å². The van der Waals surface area contributed by atoms with Gasteiger partial charge in [0.1, 0.15) is 0 Å². The molecule has 28 valence electrons. The summed E-state index contributed by atoms with van der Waals surface area (Å²) in [4.78, 5) is 0.694. The fourth-order valence-corrected chi connectivity index (χ4v) is 0.900. The van der Waals surface area contributed by atoms with Crippen LogP contribution in [0.1, 0.15) is 13.8 Å². The summed E-state index contributed by atoms with van der Waals surface area (Å²) in [7, 11) is 3.23. The first-order chi connectivity index (χ1) is 2.21. The molecule has 5 heavy (non-hydrogen) atoms. The van der Waals surface area contributed by atoms with Crippen LogP contribution in [0.25, 0.3) is 0 Å². The molecular weight excluding hydrogens is 98.0 g/mol. The highest BCUT2D eigenvalue weighted by molar-refractivity contribution is 8.03. The number of hydrogen-bond donors (Lipinski definition) is 0. The second-order valence-electron chi connectivity index (χ2n) is 1.69. The van der Waals surface area contributed by atoms with Crippen LogP contribution in [0, 0.1) is 0 Å². The Balaban J connectivity index is 2.47. The molecular formula is C3H6P2. The average Bonchev–Trinajstić information content (AvgIpc) is 1.76. The Labute approximate surface area is 35.4 Å². The zero-order chi connectivity index (χ0) is 3.91. The fourth-order valence-electron chi connectivity index (χ4n) is 0.100. The van der Waals surface area contributed by atoms with Crippen LogP contribution < -0.4 is 0 Å². The molecule has 0 aliphatic carbocycles. The van der Waals surface area contributed by atoms with Crippen molar-refractivity contribution in [3.63, 3.8) is 0 Å². The molecule has 0 fully saturated rings. The second kappa shape index (κ2) is 0.806. The third-order valence-corrected chi connectivity index (χ3v) is 4.50. The van der Waals surface area contributed by atoms with E-state index in [4.69, 9.17) is 0 Å². The van der Waals surface area contributed by atoms with Gasteiger partial charge in [0.05, 0.1) is 4.90 Å². The van der Waals surface area contributed by atoms with Gasteiger partial charge in [0.2, 0.25) is 0 Å². The predicted octanol–water partition coefficient (Wildman–Crippen LogP) is 2.54. The van der Waals surface area contributed by atoms with Gasteiger partial charge in [0.15, 0.2) is 0 Å². The monoisotopic (exact) mass is 104 g/mol. The standard InChI is InChI=1S/C3H6P2/c1-3(2)4-5-3/h1-2H3. The molecule has 1 aliphatic heterocycles. The lowest BCUT2D eigenvalue weighted by Crippen LogP contribution is -1.82. The molecule has 0 aromatic carbocycles. The summed E-state index contributed by atoms with van der Waals surface area (Å²) in [5.74, 6) is 0. The maximum Gasteiger partial charge on any atom is 0.0561 e. The van der Waals surface area contributed by atoms with Crippen molar-refractivity contribution in [3.8, 4) is 0 Å². The Kier molecular flexibility index (Phi) is 0.609. The van der Waals surface area contributed by atoms with Crippen LogP contribution in [-0.4, -0.2) is 4.90 Å². The first-order valence-corrected chi connectivity index (χ1v) is 4.14. The predicted molar refractivity (Wildman–Crippen MR) is 27.9 cm³/mol. The highest BCUT2D eigenvalue weighted by atomic mass is 31.8. The van der Waals surface area contributed by atoms with Gasteiger partial charge in [-0.05, 0) is 13.8 Å². The summed E-state index contributed by atoms with van der Waals surface area (Å²) in [6, 6.07) is 0. The van der Waals surface area contributed by atoms with Gasteiger partial charge in [0.25, 0.3) is 0 Å². The summed E-state index contributed by atoms with van der Waals surface area (Å²) < 4.78 is 0. The highest BCUT2D eigenvalue weighted by Gasteiger charge is 2.22. The van der Waals surface area contributed by atoms with Crippen molar-refractivity contribution >= 4 is 15.7 Å². The van der Waals surface area contributed by atoms with Crippen LogP contribution in [0.15, 0.2) is 0 Å². The van der Waals surface area contributed by atoms with E-state index in [2.05, 4.69) is 13.8 Å². The third kappa shape index (κ3) is 0.992. The van der Waals surface area contributed by atoms with Crippen LogP contribution in [0.3, 0.4) is 0 Å². The molecule has 0 bridgehead atoms. The van der Waals surface area contributed by atoms with Gasteiger partial charge >= 0.3 is 0 Å². The molecule has 0 unspecified atom stereocenters. The molecule has 0 nitrogen and oxygen atoms in total. The largest absolute Gasteiger partial charge is 0.0592 e. The van der Waals surface area contributed by atoms with Crippen LogP contribution in [-0.2, 0) is 0 Å². The zero-order valence-corrected chi connectivity index (χ0v) is 5.18. The Morgan fingerprint density at radius 2 is 1.40 bits per heavy atom. The van der Waals surface area contributed by atoms with Crippen LogP contribution >= 0.6 is 15.7 Å². The first kappa shape index (κ1) is 3.78. The van der Waals surface area contributed by atoms with E-state index in [1.54, 1.807) is 15.7 Å². The molecule has 0 saturated heterocycles. The Bertz CT molecular complexity index is 65.0. The van der Waals surface area contributed by atoms with Gasteiger partial charge in [-0.2, -0.15) is 0 Å². The Morgan fingerprint density at radius 1 is 1.20 bits per heavy atom. The van der Waals surface area contributed by atoms with E-state index in [-0.39, 0.29) is 0 Å².